The van der Waals surface area contributed by atoms with Crippen molar-refractivity contribution in [3.8, 4) is 6.07 Å². The molecule has 0 bridgehead atoms. The average molecular weight is 556 g/mol. The van der Waals surface area contributed by atoms with Gasteiger partial charge >= 0.3 is 0 Å². The van der Waals surface area contributed by atoms with Crippen molar-refractivity contribution in [1.29, 1.82) is 10.7 Å². The van der Waals surface area contributed by atoms with Crippen LogP contribution in [0.4, 0.5) is 0 Å². The molecule has 5 rings (SSSR count). The number of benzene rings is 2. The number of nitriles is 1. The number of likely N-dealkylation sites (tertiary alicyclic amines) is 1. The summed E-state index contributed by atoms with van der Waals surface area (Å²) in [4.78, 5) is 39.8. The molecule has 0 radical (unpaired) electrons. The van der Waals surface area contributed by atoms with Crippen molar-refractivity contribution in [1.82, 2.24) is 20.9 Å². The van der Waals surface area contributed by atoms with Crippen molar-refractivity contribution in [3.05, 3.63) is 69.8 Å². The molecule has 1 saturated carbocycles. The predicted molar refractivity (Wildman–Crippen MR) is 155 cm³/mol. The summed E-state index contributed by atoms with van der Waals surface area (Å²) in [6.07, 6.45) is 3.30. The molecule has 0 unspecified atom stereocenters. The third kappa shape index (κ3) is 4.95. The van der Waals surface area contributed by atoms with E-state index in [-0.39, 0.29) is 48.2 Å². The first kappa shape index (κ1) is 28.3. The highest BCUT2D eigenvalue weighted by molar-refractivity contribution is 5.98. The van der Waals surface area contributed by atoms with E-state index >= 15 is 0 Å². The summed E-state index contributed by atoms with van der Waals surface area (Å²) in [7, 11) is 3.17. The predicted octanol–water partition coefficient (Wildman–Crippen LogP) is 1.61. The number of amidine groups is 1. The molecule has 41 heavy (non-hydrogen) atoms. The highest BCUT2D eigenvalue weighted by atomic mass is 16.2. The van der Waals surface area contributed by atoms with Crippen LogP contribution in [0, 0.1) is 22.7 Å². The highest BCUT2D eigenvalue weighted by Crippen LogP contribution is 2.48. The standard InChI is InChI=1S/C31H37N7O3/c1-17(37-16-27(39)38-23(15-32)12-22-13-26(22)38)14-31(30(33)34)24-8-6-20(28(40)35-2)10-18(24)4-5-19-11-21(29(41)36-3)7-9-25(19)31/h6-11,17,22-23,26,37H,4-5,12-14,16H2,1-3H3,(H3,33,34)(H,35,40)(H,36,41)/t17-,22+,23-,26-/m0/s1. The lowest BCUT2D eigenvalue weighted by molar-refractivity contribution is -0.131. The molecular weight excluding hydrogens is 518 g/mol. The van der Waals surface area contributed by atoms with Gasteiger partial charge in [-0.1, -0.05) is 12.1 Å². The molecule has 1 saturated heterocycles. The Bertz CT molecular complexity index is 1390. The summed E-state index contributed by atoms with van der Waals surface area (Å²) >= 11 is 0. The van der Waals surface area contributed by atoms with E-state index in [4.69, 9.17) is 11.1 Å². The average Bonchev–Trinajstić information content (AvgIpc) is 3.67. The Morgan fingerprint density at radius 3 is 2.10 bits per heavy atom. The van der Waals surface area contributed by atoms with Crippen LogP contribution < -0.4 is 21.7 Å². The van der Waals surface area contributed by atoms with Gasteiger partial charge in [0.05, 0.1) is 18.0 Å². The summed E-state index contributed by atoms with van der Waals surface area (Å²) in [5, 5.41) is 27.2. The number of aryl methyl sites for hydroxylation is 2. The van der Waals surface area contributed by atoms with Gasteiger partial charge in [0.15, 0.2) is 0 Å². The summed E-state index contributed by atoms with van der Waals surface area (Å²) in [6, 6.07) is 12.8. The van der Waals surface area contributed by atoms with Gasteiger partial charge in [0, 0.05) is 37.3 Å². The minimum Gasteiger partial charge on any atom is -0.387 e. The third-order valence-electron chi connectivity index (χ3n) is 8.99. The van der Waals surface area contributed by atoms with E-state index in [1.165, 1.54) is 0 Å². The van der Waals surface area contributed by atoms with Gasteiger partial charge in [-0.2, -0.15) is 5.26 Å². The minimum absolute atomic E-state index is 0.0489. The maximum Gasteiger partial charge on any atom is 0.251 e. The smallest absolute Gasteiger partial charge is 0.251 e. The number of nitrogens with zero attached hydrogens (tertiary/aromatic N) is 2. The van der Waals surface area contributed by atoms with Crippen molar-refractivity contribution in [2.45, 2.75) is 62.6 Å². The van der Waals surface area contributed by atoms with Crippen LogP contribution >= 0.6 is 0 Å². The van der Waals surface area contributed by atoms with Crippen LogP contribution in [-0.2, 0) is 23.1 Å². The van der Waals surface area contributed by atoms with Crippen LogP contribution in [0.1, 0.15) is 69.2 Å². The number of hydrogen-bond donors (Lipinski definition) is 5. The van der Waals surface area contributed by atoms with Gasteiger partial charge in [-0.25, -0.2) is 0 Å². The number of fused-ring (bicyclic) bond motifs is 3. The van der Waals surface area contributed by atoms with Crippen molar-refractivity contribution in [2.75, 3.05) is 20.6 Å². The first-order valence-corrected chi connectivity index (χ1v) is 14.1. The second-order valence-electron chi connectivity index (χ2n) is 11.5. The molecule has 3 amide bonds. The number of rotatable bonds is 8. The molecule has 4 atom stereocenters. The number of amides is 3. The molecule has 2 aromatic rings. The topological polar surface area (TPSA) is 164 Å². The van der Waals surface area contributed by atoms with Gasteiger partial charge < -0.3 is 26.6 Å². The Morgan fingerprint density at radius 2 is 1.61 bits per heavy atom. The molecule has 0 aromatic heterocycles. The van der Waals surface area contributed by atoms with E-state index in [1.807, 2.05) is 31.2 Å². The molecule has 0 spiro atoms. The number of piperidine rings is 1. The monoisotopic (exact) mass is 555 g/mol. The third-order valence-corrected chi connectivity index (χ3v) is 8.99. The number of nitrogens with one attached hydrogen (secondary N) is 4. The fraction of sp³-hybridized carbons (Fsp3) is 0.452. The van der Waals surface area contributed by atoms with E-state index in [9.17, 15) is 19.6 Å². The van der Waals surface area contributed by atoms with E-state index in [1.54, 1.807) is 31.1 Å². The summed E-state index contributed by atoms with van der Waals surface area (Å²) in [6.45, 7) is 2.05. The largest absolute Gasteiger partial charge is 0.387 e. The van der Waals surface area contributed by atoms with Crippen molar-refractivity contribution >= 4 is 23.6 Å². The quantitative estimate of drug-likeness (QED) is 0.245. The molecule has 2 aromatic carbocycles. The Labute approximate surface area is 240 Å². The van der Waals surface area contributed by atoms with E-state index in [2.05, 4.69) is 22.0 Å². The van der Waals surface area contributed by atoms with Crippen LogP contribution in [0.5, 0.6) is 0 Å². The molecule has 6 N–H and O–H groups in total. The minimum atomic E-state index is -1.05. The number of hydrogen-bond acceptors (Lipinski definition) is 6. The van der Waals surface area contributed by atoms with Crippen LogP contribution in [0.25, 0.3) is 0 Å². The maximum atomic E-state index is 13.1. The fourth-order valence-electron chi connectivity index (χ4n) is 6.85. The molecule has 1 heterocycles. The zero-order chi connectivity index (χ0) is 29.5. The van der Waals surface area contributed by atoms with Gasteiger partial charge in [-0.05, 0) is 91.5 Å². The van der Waals surface area contributed by atoms with Crippen molar-refractivity contribution in [2.24, 2.45) is 11.7 Å². The second kappa shape index (κ2) is 11.0. The second-order valence-corrected chi connectivity index (χ2v) is 11.5. The molecule has 1 aliphatic heterocycles. The molecule has 214 valence electrons. The SMILES string of the molecule is CNC(=O)c1ccc2c(c1)CCc1cc(C(=O)NC)ccc1C2(C[C@H](C)NCC(=O)N1[C@H](C#N)C[C@@H]2C[C@@H]21)C(=N)N. The molecular formula is C31H37N7O3. The van der Waals surface area contributed by atoms with Gasteiger partial charge in [-0.15, -0.1) is 0 Å². The van der Waals surface area contributed by atoms with Gasteiger partial charge in [-0.3, -0.25) is 19.8 Å². The lowest BCUT2D eigenvalue weighted by Crippen LogP contribution is -2.49. The maximum absolute atomic E-state index is 13.1. The van der Waals surface area contributed by atoms with Gasteiger partial charge in [0.2, 0.25) is 5.91 Å². The van der Waals surface area contributed by atoms with Gasteiger partial charge in [0.1, 0.15) is 11.9 Å². The first-order chi connectivity index (χ1) is 19.6. The molecule has 2 aliphatic carbocycles. The molecule has 2 fully saturated rings. The highest BCUT2D eigenvalue weighted by Gasteiger charge is 2.54. The molecule has 10 nitrogen and oxygen atoms in total. The first-order valence-electron chi connectivity index (χ1n) is 14.1. The Morgan fingerprint density at radius 1 is 1.05 bits per heavy atom. The van der Waals surface area contributed by atoms with E-state index in [0.29, 0.717) is 36.3 Å². The summed E-state index contributed by atoms with van der Waals surface area (Å²) < 4.78 is 0. The zero-order valence-electron chi connectivity index (χ0n) is 23.7. The lowest BCUT2D eigenvalue weighted by atomic mass is 9.67. The van der Waals surface area contributed by atoms with Crippen LogP contribution in [-0.4, -0.2) is 67.2 Å². The van der Waals surface area contributed by atoms with Crippen LogP contribution in [0.15, 0.2) is 36.4 Å². The van der Waals surface area contributed by atoms with Crippen molar-refractivity contribution in [3.63, 3.8) is 0 Å². The van der Waals surface area contributed by atoms with Crippen LogP contribution in [0.2, 0.25) is 0 Å². The number of carbonyl (C=O) groups is 3. The normalized spacial score (nSPS) is 22.2. The fourth-order valence-corrected chi connectivity index (χ4v) is 6.85. The number of carbonyl (C=O) groups excluding carboxylic acids is 3. The lowest BCUT2D eigenvalue weighted by Gasteiger charge is -2.38. The Hall–Kier alpha value is -4.23. The summed E-state index contributed by atoms with van der Waals surface area (Å²) in [5.74, 6) is -0.0900. The Kier molecular flexibility index (Phi) is 7.58. The van der Waals surface area contributed by atoms with Crippen LogP contribution in [0.3, 0.4) is 0 Å². The summed E-state index contributed by atoms with van der Waals surface area (Å²) in [5.41, 5.74) is 10.00. The molecule has 3 aliphatic rings. The zero-order valence-corrected chi connectivity index (χ0v) is 23.7. The number of nitrogens with two attached hydrogens (primary N) is 1. The van der Waals surface area contributed by atoms with Crippen molar-refractivity contribution < 1.29 is 14.4 Å². The molecule has 10 heteroatoms. The van der Waals surface area contributed by atoms with E-state index in [0.717, 1.165) is 35.1 Å². The van der Waals surface area contributed by atoms with Gasteiger partial charge in [0.25, 0.3) is 11.8 Å². The Balaban J connectivity index is 1.51. The van der Waals surface area contributed by atoms with E-state index < -0.39 is 5.41 Å².